The number of aromatic nitrogens is 2. The molecule has 186 valence electrons. The molecule has 1 amide bonds. The van der Waals surface area contributed by atoms with Crippen molar-refractivity contribution in [3.63, 3.8) is 0 Å². The number of amides is 1. The summed E-state index contributed by atoms with van der Waals surface area (Å²) in [6.07, 6.45) is 4.25. The largest absolute Gasteiger partial charge is 0.490 e. The van der Waals surface area contributed by atoms with Crippen molar-refractivity contribution in [1.29, 1.82) is 0 Å². The molecule has 0 N–H and O–H groups in total. The van der Waals surface area contributed by atoms with Gasteiger partial charge in [-0.05, 0) is 35.7 Å². The van der Waals surface area contributed by atoms with Gasteiger partial charge < -0.3 is 19.1 Å². The minimum absolute atomic E-state index is 0.0374. The summed E-state index contributed by atoms with van der Waals surface area (Å²) in [4.78, 5) is 17.9. The van der Waals surface area contributed by atoms with E-state index in [2.05, 4.69) is 29.9 Å². The predicted octanol–water partition coefficient (Wildman–Crippen LogP) is 3.38. The Kier molecular flexibility index (Phi) is 7.20. The molecule has 3 aromatic rings. The van der Waals surface area contributed by atoms with Gasteiger partial charge in [0.1, 0.15) is 6.10 Å². The molecule has 1 fully saturated rings. The van der Waals surface area contributed by atoms with Crippen LogP contribution in [0.25, 0.3) is 5.52 Å². The van der Waals surface area contributed by atoms with Gasteiger partial charge in [-0.1, -0.05) is 26.0 Å². The third-order valence-corrected chi connectivity index (χ3v) is 6.41. The summed E-state index contributed by atoms with van der Waals surface area (Å²) in [6, 6.07) is 12.0. The number of hydrogen-bond acceptors (Lipinski definition) is 6. The van der Waals surface area contributed by atoms with Gasteiger partial charge in [0.15, 0.2) is 11.5 Å². The maximum Gasteiger partial charge on any atom is 0.253 e. The van der Waals surface area contributed by atoms with E-state index in [9.17, 15) is 4.79 Å². The van der Waals surface area contributed by atoms with E-state index in [-0.39, 0.29) is 5.91 Å². The number of morpholine rings is 1. The first-order valence-electron chi connectivity index (χ1n) is 12.5. The molecule has 1 unspecified atom stereocenters. The number of nitrogens with zero attached hydrogens (tertiary/aromatic N) is 4. The van der Waals surface area contributed by atoms with E-state index in [0.717, 1.165) is 47.7 Å². The lowest BCUT2D eigenvalue weighted by molar-refractivity contribution is -0.151. The molecule has 0 spiro atoms. The Hall–Kier alpha value is -3.10. The third-order valence-electron chi connectivity index (χ3n) is 6.41. The van der Waals surface area contributed by atoms with Crippen molar-refractivity contribution in [2.45, 2.75) is 39.5 Å². The second-order valence-corrected chi connectivity index (χ2v) is 9.74. The topological polar surface area (TPSA) is 68.5 Å². The van der Waals surface area contributed by atoms with Crippen molar-refractivity contribution in [2.24, 2.45) is 5.92 Å². The molecule has 8 heteroatoms. The maximum atomic E-state index is 13.6. The first-order valence-corrected chi connectivity index (χ1v) is 12.5. The molecule has 8 nitrogen and oxygen atoms in total. The fourth-order valence-corrected chi connectivity index (χ4v) is 4.75. The minimum Gasteiger partial charge on any atom is -0.490 e. The highest BCUT2D eigenvalue weighted by Crippen LogP contribution is 2.31. The molecular formula is C27H34N4O4. The van der Waals surface area contributed by atoms with Crippen molar-refractivity contribution in [1.82, 2.24) is 19.4 Å². The van der Waals surface area contributed by atoms with Crippen LogP contribution >= 0.6 is 0 Å². The van der Waals surface area contributed by atoms with Crippen molar-refractivity contribution < 1.29 is 19.0 Å². The number of carbonyl (C=O) groups is 1. The molecule has 2 aromatic heterocycles. The van der Waals surface area contributed by atoms with Crippen LogP contribution in [-0.2, 0) is 22.6 Å². The van der Waals surface area contributed by atoms with Crippen LogP contribution in [0.2, 0.25) is 0 Å². The van der Waals surface area contributed by atoms with Gasteiger partial charge in [-0.15, -0.1) is 0 Å². The Morgan fingerprint density at radius 1 is 1.14 bits per heavy atom. The van der Waals surface area contributed by atoms with Crippen LogP contribution in [0.15, 0.2) is 48.8 Å². The zero-order valence-corrected chi connectivity index (χ0v) is 20.6. The summed E-state index contributed by atoms with van der Waals surface area (Å²) in [7, 11) is 0. The number of carbonyl (C=O) groups excluding carboxylic acids is 1. The molecule has 0 radical (unpaired) electrons. The van der Waals surface area contributed by atoms with Crippen LogP contribution < -0.4 is 9.47 Å². The Balaban J connectivity index is 1.28. The molecule has 2 aliphatic heterocycles. The van der Waals surface area contributed by atoms with E-state index < -0.39 is 6.10 Å². The van der Waals surface area contributed by atoms with Gasteiger partial charge in [0.05, 0.1) is 31.5 Å². The number of fused-ring (bicyclic) bond motifs is 2. The van der Waals surface area contributed by atoms with Gasteiger partial charge in [0, 0.05) is 50.9 Å². The van der Waals surface area contributed by atoms with Crippen LogP contribution in [0.4, 0.5) is 0 Å². The average molecular weight is 479 g/mol. The van der Waals surface area contributed by atoms with Gasteiger partial charge in [-0.2, -0.15) is 5.10 Å². The van der Waals surface area contributed by atoms with Crippen LogP contribution in [0.3, 0.4) is 0 Å². The van der Waals surface area contributed by atoms with E-state index in [4.69, 9.17) is 14.2 Å². The summed E-state index contributed by atoms with van der Waals surface area (Å²) in [5.74, 6) is 1.91. The van der Waals surface area contributed by atoms with E-state index >= 15 is 0 Å². The third kappa shape index (κ3) is 5.60. The number of hydrogen-bond donors (Lipinski definition) is 0. The molecule has 4 heterocycles. The first-order chi connectivity index (χ1) is 17.1. The van der Waals surface area contributed by atoms with Gasteiger partial charge >= 0.3 is 0 Å². The standard InChI is InChI=1S/C27H34N4O4/c1-20(2)16-30(17-21-7-8-24-25(14-21)34-12-5-11-33-24)27(32)26-19-29(10-13-35-26)18-22-15-28-31-9-4-3-6-23(22)31/h3-4,6-9,14-15,20,26H,5,10-13,16-19H2,1-2H3. The van der Waals surface area contributed by atoms with Crippen LogP contribution in [0.5, 0.6) is 11.5 Å². The second-order valence-electron chi connectivity index (χ2n) is 9.74. The van der Waals surface area contributed by atoms with Gasteiger partial charge in [0.2, 0.25) is 0 Å². The van der Waals surface area contributed by atoms with E-state index in [1.54, 1.807) is 0 Å². The van der Waals surface area contributed by atoms with E-state index in [1.165, 1.54) is 0 Å². The van der Waals surface area contributed by atoms with Crippen molar-refractivity contribution in [3.05, 3.63) is 59.9 Å². The van der Waals surface area contributed by atoms with Gasteiger partial charge in [-0.3, -0.25) is 9.69 Å². The molecule has 0 aliphatic carbocycles. The fraction of sp³-hybridized carbons (Fsp3) is 0.481. The fourth-order valence-electron chi connectivity index (χ4n) is 4.75. The highest BCUT2D eigenvalue weighted by atomic mass is 16.5. The Morgan fingerprint density at radius 2 is 2.00 bits per heavy atom. The van der Waals surface area contributed by atoms with Crippen LogP contribution in [0.1, 0.15) is 31.4 Å². The summed E-state index contributed by atoms with van der Waals surface area (Å²) in [6.45, 7) is 9.39. The Bertz CT molecular complexity index is 1160. The average Bonchev–Trinajstić information content (AvgIpc) is 3.11. The first kappa shape index (κ1) is 23.6. The normalized spacial score (nSPS) is 18.5. The summed E-state index contributed by atoms with van der Waals surface area (Å²) in [5.41, 5.74) is 3.28. The maximum absolute atomic E-state index is 13.6. The van der Waals surface area contributed by atoms with Gasteiger partial charge in [0.25, 0.3) is 5.91 Å². The number of rotatable bonds is 7. The van der Waals surface area contributed by atoms with E-state index in [1.807, 2.05) is 52.1 Å². The van der Waals surface area contributed by atoms with Crippen molar-refractivity contribution in [2.75, 3.05) is 39.5 Å². The SMILES string of the molecule is CC(C)CN(Cc1ccc2c(c1)OCCCO2)C(=O)C1CN(Cc2cnn3ccccc23)CCO1. The molecule has 0 bridgehead atoms. The lowest BCUT2D eigenvalue weighted by Crippen LogP contribution is -2.51. The Morgan fingerprint density at radius 3 is 2.86 bits per heavy atom. The molecule has 1 atom stereocenters. The number of benzene rings is 1. The number of ether oxygens (including phenoxy) is 3. The van der Waals surface area contributed by atoms with Crippen LogP contribution in [-0.4, -0.2) is 70.9 Å². The minimum atomic E-state index is -0.482. The zero-order chi connectivity index (χ0) is 24.2. The molecule has 1 saturated heterocycles. The van der Waals surface area contributed by atoms with Gasteiger partial charge in [-0.25, -0.2) is 4.52 Å². The van der Waals surface area contributed by atoms with Crippen molar-refractivity contribution >= 4 is 11.4 Å². The number of pyridine rings is 1. The zero-order valence-electron chi connectivity index (χ0n) is 20.6. The summed E-state index contributed by atoms with van der Waals surface area (Å²) >= 11 is 0. The Labute approximate surface area is 206 Å². The lowest BCUT2D eigenvalue weighted by Gasteiger charge is -2.35. The second kappa shape index (κ2) is 10.7. The molecule has 1 aromatic carbocycles. The predicted molar refractivity (Wildman–Crippen MR) is 133 cm³/mol. The molecule has 2 aliphatic rings. The molecule has 5 rings (SSSR count). The highest BCUT2D eigenvalue weighted by Gasteiger charge is 2.31. The molecule has 35 heavy (non-hydrogen) atoms. The smallest absolute Gasteiger partial charge is 0.253 e. The van der Waals surface area contributed by atoms with Crippen LogP contribution in [0, 0.1) is 5.92 Å². The van der Waals surface area contributed by atoms with E-state index in [0.29, 0.717) is 45.4 Å². The van der Waals surface area contributed by atoms with Crippen molar-refractivity contribution in [3.8, 4) is 11.5 Å². The summed E-state index contributed by atoms with van der Waals surface area (Å²) < 4.78 is 19.5. The lowest BCUT2D eigenvalue weighted by atomic mass is 10.1. The molecular weight excluding hydrogens is 444 g/mol. The molecule has 0 saturated carbocycles. The highest BCUT2D eigenvalue weighted by molar-refractivity contribution is 5.81. The monoisotopic (exact) mass is 478 g/mol. The summed E-state index contributed by atoms with van der Waals surface area (Å²) in [5, 5.41) is 4.45. The quantitative estimate of drug-likeness (QED) is 0.519.